The van der Waals surface area contributed by atoms with E-state index in [-0.39, 0.29) is 46.2 Å². The Labute approximate surface area is 346 Å². The van der Waals surface area contributed by atoms with Gasteiger partial charge in [-0.05, 0) is 97.3 Å². The summed E-state index contributed by atoms with van der Waals surface area (Å²) >= 11 is 0. The second-order valence-electron chi connectivity index (χ2n) is 19.9. The van der Waals surface area contributed by atoms with Crippen LogP contribution >= 0.6 is 0 Å². The summed E-state index contributed by atoms with van der Waals surface area (Å²) in [6.45, 7) is 37.4. The molecule has 324 valence electrons. The number of ether oxygens (including phenoxy) is 3. The van der Waals surface area contributed by atoms with Gasteiger partial charge in [-0.15, -0.1) is 0 Å². The van der Waals surface area contributed by atoms with E-state index >= 15 is 0 Å². The number of sulfone groups is 1. The Kier molecular flexibility index (Phi) is 18.0. The second-order valence-corrected chi connectivity index (χ2v) is 36.3. The Morgan fingerprint density at radius 1 is 0.875 bits per heavy atom. The molecule has 12 heteroatoms. The maximum atomic E-state index is 14.1. The van der Waals surface area contributed by atoms with Crippen LogP contribution in [0, 0.1) is 11.8 Å². The van der Waals surface area contributed by atoms with Gasteiger partial charge < -0.3 is 27.5 Å². The molecular weight excluding hydrogens is 773 g/mol. The first-order valence-corrected chi connectivity index (χ1v) is 31.6. The topological polar surface area (TPSA) is 89.5 Å². The predicted octanol–water partition coefficient (Wildman–Crippen LogP) is 11.2. The van der Waals surface area contributed by atoms with Gasteiger partial charge in [0.25, 0.3) is 0 Å². The molecule has 3 rings (SSSR count). The largest absolute Gasteiger partial charge is 0.417 e. The van der Waals surface area contributed by atoms with Crippen molar-refractivity contribution in [3.8, 4) is 0 Å². The highest BCUT2D eigenvalue weighted by Crippen LogP contribution is 2.43. The van der Waals surface area contributed by atoms with Crippen LogP contribution in [0.5, 0.6) is 0 Å². The first-order chi connectivity index (χ1) is 25.9. The molecule has 2 heterocycles. The lowest BCUT2D eigenvalue weighted by molar-refractivity contribution is -0.0759. The highest BCUT2D eigenvalue weighted by molar-refractivity contribution is 7.91. The Hall–Kier alpha value is -0.679. The van der Waals surface area contributed by atoms with Crippen molar-refractivity contribution in [3.05, 3.63) is 42.5 Å². The van der Waals surface area contributed by atoms with Crippen molar-refractivity contribution in [3.63, 3.8) is 0 Å². The summed E-state index contributed by atoms with van der Waals surface area (Å²) in [5.41, 5.74) is 1.06. The molecule has 0 N–H and O–H groups in total. The quantitative estimate of drug-likeness (QED) is 0.0686. The number of benzene rings is 1. The Morgan fingerprint density at radius 3 is 2.00 bits per heavy atom. The molecular formula is C44H82O8SSi3. The molecule has 8 nitrogen and oxygen atoms in total. The fourth-order valence-electron chi connectivity index (χ4n) is 7.83. The summed E-state index contributed by atoms with van der Waals surface area (Å²) in [6, 6.07) is 12.2. The minimum Gasteiger partial charge on any atom is -0.417 e. The van der Waals surface area contributed by atoms with Crippen LogP contribution in [0.1, 0.15) is 101 Å². The van der Waals surface area contributed by atoms with Gasteiger partial charge in [0.2, 0.25) is 0 Å². The van der Waals surface area contributed by atoms with E-state index in [1.54, 1.807) is 31.4 Å². The molecule has 0 amide bonds. The molecule has 0 spiro atoms. The normalized spacial score (nSPS) is 26.5. The van der Waals surface area contributed by atoms with Crippen LogP contribution in [0.3, 0.4) is 0 Å². The summed E-state index contributed by atoms with van der Waals surface area (Å²) in [6.07, 6.45) is 2.22. The lowest BCUT2D eigenvalue weighted by Crippen LogP contribution is -2.49. The van der Waals surface area contributed by atoms with Crippen molar-refractivity contribution in [2.45, 2.75) is 197 Å². The highest BCUT2D eigenvalue weighted by atomic mass is 32.2. The molecule has 0 aliphatic carbocycles. The predicted molar refractivity (Wildman–Crippen MR) is 240 cm³/mol. The molecule has 2 saturated heterocycles. The molecule has 0 radical (unpaired) electrons. The fraction of sp³-hybridized carbons (Fsp3) is 0.818. The molecule has 2 aliphatic heterocycles. The van der Waals surface area contributed by atoms with Gasteiger partial charge in [-0.2, -0.15) is 0 Å². The zero-order valence-corrected chi connectivity index (χ0v) is 42.0. The maximum absolute atomic E-state index is 14.1. The van der Waals surface area contributed by atoms with Gasteiger partial charge in [0, 0.05) is 32.5 Å². The van der Waals surface area contributed by atoms with E-state index in [0.29, 0.717) is 24.3 Å². The molecule has 0 bridgehead atoms. The van der Waals surface area contributed by atoms with E-state index in [0.717, 1.165) is 49.6 Å². The van der Waals surface area contributed by atoms with Gasteiger partial charge in [0.15, 0.2) is 34.8 Å². The van der Waals surface area contributed by atoms with E-state index in [2.05, 4.69) is 102 Å². The lowest BCUT2D eigenvalue weighted by atomic mass is 9.83. The molecule has 1 aromatic carbocycles. The van der Waals surface area contributed by atoms with E-state index in [1.807, 2.05) is 6.07 Å². The van der Waals surface area contributed by atoms with Crippen LogP contribution in [0.15, 0.2) is 47.4 Å². The van der Waals surface area contributed by atoms with Crippen molar-refractivity contribution in [1.82, 2.24) is 0 Å². The number of methoxy groups -OCH3 is 1. The van der Waals surface area contributed by atoms with Gasteiger partial charge in [-0.25, -0.2) is 8.42 Å². The smallest absolute Gasteiger partial charge is 0.192 e. The standard InChI is InChI=1S/C44H82O8SSi3/c1-17-56(18-2,19-3)48-27-23-24-35-28-33(4)34(5)39(50-35)30-40-38(32-53(45,46)37-25-21-20-22-26-37)42(47-12)41(51-40)29-36(52-55(15,16)44(9,10)11)31-49-54(13,14)43(6,7)8/h20-22,25-26,33,35-36,38-42H,5,17-19,23-24,27-32H2,1-4,6-16H3/t33-,35+,36+,38?,39-,40+,41?,42-/m1/s1. The SMILES string of the molecule is C=C1[C@H](C)C[C@H](CCCO[Si](CC)(CC)CC)O[C@@H]1C[C@@H]1OC(C[C@@H](CO[Si](C)(C)C(C)(C)C)O[Si](C)(C)C(C)(C)C)[C@H](OC)C1CS(=O)(=O)c1ccccc1. The van der Waals surface area contributed by atoms with Crippen LogP contribution in [-0.4, -0.2) is 96.1 Å². The van der Waals surface area contributed by atoms with Gasteiger partial charge in [-0.1, -0.05) is 94.0 Å². The van der Waals surface area contributed by atoms with Crippen LogP contribution in [0.25, 0.3) is 0 Å². The van der Waals surface area contributed by atoms with Crippen LogP contribution in [-0.2, 0) is 37.3 Å². The van der Waals surface area contributed by atoms with Crippen molar-refractivity contribution in [2.75, 3.05) is 26.1 Å². The first kappa shape index (κ1) is 49.7. The molecule has 2 aliphatic rings. The van der Waals surface area contributed by atoms with Gasteiger partial charge >= 0.3 is 0 Å². The molecule has 1 aromatic rings. The zero-order chi connectivity index (χ0) is 42.3. The average Bonchev–Trinajstić information content (AvgIpc) is 3.42. The third-order valence-corrected chi connectivity index (χ3v) is 29.6. The number of hydrogen-bond donors (Lipinski definition) is 0. The Balaban J connectivity index is 1.92. The van der Waals surface area contributed by atoms with E-state index in [4.69, 9.17) is 27.5 Å². The average molecular weight is 855 g/mol. The molecule has 0 aromatic heterocycles. The minimum absolute atomic E-state index is 0.000640. The summed E-state index contributed by atoms with van der Waals surface area (Å²) in [4.78, 5) is 0.314. The third-order valence-electron chi connectivity index (χ3n) is 14.1. The molecule has 8 atom stereocenters. The molecule has 2 unspecified atom stereocenters. The summed E-state index contributed by atoms with van der Waals surface area (Å²) in [5, 5.41) is 0.0477. The minimum atomic E-state index is -3.65. The van der Waals surface area contributed by atoms with Crippen molar-refractivity contribution in [1.29, 1.82) is 0 Å². The summed E-state index contributed by atoms with van der Waals surface area (Å²) < 4.78 is 68.9. The van der Waals surface area contributed by atoms with Gasteiger partial charge in [-0.3, -0.25) is 0 Å². The van der Waals surface area contributed by atoms with E-state index < -0.39 is 52.9 Å². The highest BCUT2D eigenvalue weighted by Gasteiger charge is 2.50. The summed E-state index contributed by atoms with van der Waals surface area (Å²) in [5.74, 6) is -0.217. The van der Waals surface area contributed by atoms with Gasteiger partial charge in [0.05, 0.1) is 53.9 Å². The number of hydrogen-bond acceptors (Lipinski definition) is 8. The van der Waals surface area contributed by atoms with Crippen molar-refractivity contribution in [2.24, 2.45) is 11.8 Å². The Morgan fingerprint density at radius 2 is 1.46 bits per heavy atom. The van der Waals surface area contributed by atoms with E-state index in [9.17, 15) is 8.42 Å². The van der Waals surface area contributed by atoms with Crippen LogP contribution < -0.4 is 0 Å². The second kappa shape index (κ2) is 20.3. The molecule has 0 saturated carbocycles. The zero-order valence-electron chi connectivity index (χ0n) is 38.2. The van der Waals surface area contributed by atoms with Gasteiger partial charge in [0.1, 0.15) is 0 Å². The van der Waals surface area contributed by atoms with Crippen LogP contribution in [0.4, 0.5) is 0 Å². The third kappa shape index (κ3) is 12.9. The Bertz CT molecular complexity index is 1460. The number of rotatable bonds is 21. The maximum Gasteiger partial charge on any atom is 0.192 e. The molecule has 2 fully saturated rings. The van der Waals surface area contributed by atoms with Crippen molar-refractivity contribution >= 4 is 34.8 Å². The first-order valence-electron chi connectivity index (χ1n) is 21.6. The molecule has 56 heavy (non-hydrogen) atoms. The fourth-order valence-corrected chi connectivity index (χ4v) is 14.6. The summed E-state index contributed by atoms with van der Waals surface area (Å²) in [7, 11) is -7.92. The monoisotopic (exact) mass is 855 g/mol. The lowest BCUT2D eigenvalue weighted by Gasteiger charge is -2.42. The van der Waals surface area contributed by atoms with E-state index in [1.165, 1.54) is 0 Å². The van der Waals surface area contributed by atoms with Crippen molar-refractivity contribution < 1.29 is 35.9 Å². The van der Waals surface area contributed by atoms with Crippen LogP contribution in [0.2, 0.25) is 54.4 Å².